The van der Waals surface area contributed by atoms with Crippen molar-refractivity contribution in [2.24, 2.45) is 5.41 Å². The SMILES string of the molecule is CC(C)(C)C(=O)CCc1ccc(C(C)(C)C)cc1. The molecule has 0 bridgehead atoms. The molecule has 1 nitrogen and oxygen atoms in total. The molecule has 1 aromatic carbocycles. The number of aryl methyl sites for hydroxylation is 1. The van der Waals surface area contributed by atoms with Gasteiger partial charge >= 0.3 is 0 Å². The van der Waals surface area contributed by atoms with Crippen molar-refractivity contribution in [2.75, 3.05) is 0 Å². The van der Waals surface area contributed by atoms with Crippen LogP contribution in [-0.4, -0.2) is 5.78 Å². The van der Waals surface area contributed by atoms with Crippen molar-refractivity contribution >= 4 is 5.78 Å². The third kappa shape index (κ3) is 4.29. The Kier molecular flexibility index (Phi) is 4.37. The van der Waals surface area contributed by atoms with Gasteiger partial charge in [-0.3, -0.25) is 4.79 Å². The number of hydrogen-bond acceptors (Lipinski definition) is 1. The number of carbonyl (C=O) groups excluding carboxylic acids is 1. The van der Waals surface area contributed by atoms with E-state index in [0.29, 0.717) is 12.2 Å². The average Bonchev–Trinajstić information content (AvgIpc) is 2.24. The summed E-state index contributed by atoms with van der Waals surface area (Å²) in [6, 6.07) is 8.65. The van der Waals surface area contributed by atoms with Crippen LogP contribution in [0.5, 0.6) is 0 Å². The minimum atomic E-state index is -0.217. The number of ketones is 1. The van der Waals surface area contributed by atoms with E-state index in [1.54, 1.807) is 0 Å². The van der Waals surface area contributed by atoms with Gasteiger partial charge in [-0.15, -0.1) is 0 Å². The molecule has 0 amide bonds. The third-order valence-electron chi connectivity index (χ3n) is 3.30. The lowest BCUT2D eigenvalue weighted by atomic mass is 9.85. The Morgan fingerprint density at radius 1 is 0.944 bits per heavy atom. The molecule has 0 aliphatic rings. The summed E-state index contributed by atoms with van der Waals surface area (Å²) in [7, 11) is 0. The number of Topliss-reactive ketones (excluding diaryl/α,β-unsaturated/α-hetero) is 1. The van der Waals surface area contributed by atoms with Crippen LogP contribution >= 0.6 is 0 Å². The van der Waals surface area contributed by atoms with Crippen LogP contribution in [-0.2, 0) is 16.6 Å². The van der Waals surface area contributed by atoms with Crippen LogP contribution in [0.3, 0.4) is 0 Å². The van der Waals surface area contributed by atoms with E-state index in [1.807, 2.05) is 20.8 Å². The predicted molar refractivity (Wildman–Crippen MR) is 77.9 cm³/mol. The van der Waals surface area contributed by atoms with Crippen molar-refractivity contribution in [1.82, 2.24) is 0 Å². The molecule has 0 radical (unpaired) electrons. The standard InChI is InChI=1S/C17H26O/c1-16(2,3)14-10-7-13(8-11-14)9-12-15(18)17(4,5)6/h7-8,10-11H,9,12H2,1-6H3. The van der Waals surface area contributed by atoms with Gasteiger partial charge in [-0.05, 0) is 23.0 Å². The molecule has 0 heterocycles. The van der Waals surface area contributed by atoms with Gasteiger partial charge in [-0.1, -0.05) is 65.8 Å². The molecule has 0 unspecified atom stereocenters. The predicted octanol–water partition coefficient (Wildman–Crippen LogP) is 4.53. The second-order valence-electron chi connectivity index (χ2n) is 7.12. The summed E-state index contributed by atoms with van der Waals surface area (Å²) in [6.45, 7) is 12.6. The summed E-state index contributed by atoms with van der Waals surface area (Å²) < 4.78 is 0. The molecule has 0 fully saturated rings. The highest BCUT2D eigenvalue weighted by atomic mass is 16.1. The zero-order valence-corrected chi connectivity index (χ0v) is 12.6. The van der Waals surface area contributed by atoms with E-state index < -0.39 is 0 Å². The van der Waals surface area contributed by atoms with Crippen LogP contribution in [0, 0.1) is 5.41 Å². The van der Waals surface area contributed by atoms with Crippen LogP contribution in [0.4, 0.5) is 0 Å². The van der Waals surface area contributed by atoms with Crippen molar-refractivity contribution in [1.29, 1.82) is 0 Å². The maximum Gasteiger partial charge on any atom is 0.138 e. The van der Waals surface area contributed by atoms with E-state index in [-0.39, 0.29) is 10.8 Å². The largest absolute Gasteiger partial charge is 0.299 e. The van der Waals surface area contributed by atoms with Crippen molar-refractivity contribution in [3.63, 3.8) is 0 Å². The van der Waals surface area contributed by atoms with E-state index in [1.165, 1.54) is 11.1 Å². The second-order valence-corrected chi connectivity index (χ2v) is 7.12. The van der Waals surface area contributed by atoms with Crippen molar-refractivity contribution in [3.05, 3.63) is 35.4 Å². The summed E-state index contributed by atoms with van der Waals surface area (Å²) >= 11 is 0. The zero-order chi connectivity index (χ0) is 14.0. The van der Waals surface area contributed by atoms with Crippen molar-refractivity contribution in [2.45, 2.75) is 59.8 Å². The third-order valence-corrected chi connectivity index (χ3v) is 3.30. The second kappa shape index (κ2) is 5.26. The molecule has 1 heteroatoms. The normalized spacial score (nSPS) is 12.6. The van der Waals surface area contributed by atoms with Gasteiger partial charge in [-0.2, -0.15) is 0 Å². The first-order valence-electron chi connectivity index (χ1n) is 6.73. The van der Waals surface area contributed by atoms with E-state index in [2.05, 4.69) is 45.0 Å². The number of rotatable bonds is 3. The molecule has 100 valence electrons. The van der Waals surface area contributed by atoms with Gasteiger partial charge in [0.1, 0.15) is 5.78 Å². The first-order valence-corrected chi connectivity index (χ1v) is 6.73. The maximum absolute atomic E-state index is 11.9. The highest BCUT2D eigenvalue weighted by molar-refractivity contribution is 5.83. The fourth-order valence-electron chi connectivity index (χ4n) is 1.80. The van der Waals surface area contributed by atoms with Gasteiger partial charge in [0.25, 0.3) is 0 Å². The molecule has 0 saturated carbocycles. The van der Waals surface area contributed by atoms with Crippen molar-refractivity contribution < 1.29 is 4.79 Å². The zero-order valence-electron chi connectivity index (χ0n) is 12.6. The summed E-state index contributed by atoms with van der Waals surface area (Å²) in [5.41, 5.74) is 2.57. The first-order chi connectivity index (χ1) is 8.10. The van der Waals surface area contributed by atoms with Gasteiger partial charge in [0, 0.05) is 11.8 Å². The molecule has 1 rings (SSSR count). The smallest absolute Gasteiger partial charge is 0.138 e. The van der Waals surface area contributed by atoms with E-state index in [0.717, 1.165) is 6.42 Å². The average molecular weight is 246 g/mol. The van der Waals surface area contributed by atoms with Crippen LogP contribution in [0.25, 0.3) is 0 Å². The molecule has 0 atom stereocenters. The summed E-state index contributed by atoms with van der Waals surface area (Å²) in [6.07, 6.45) is 1.49. The Morgan fingerprint density at radius 3 is 1.83 bits per heavy atom. The molecular formula is C17H26O. The molecule has 0 aliphatic carbocycles. The quantitative estimate of drug-likeness (QED) is 0.765. The molecule has 0 N–H and O–H groups in total. The monoisotopic (exact) mass is 246 g/mol. The highest BCUT2D eigenvalue weighted by Crippen LogP contribution is 2.23. The molecule has 0 aliphatic heterocycles. The van der Waals surface area contributed by atoms with Gasteiger partial charge < -0.3 is 0 Å². The molecule has 18 heavy (non-hydrogen) atoms. The molecule has 0 aromatic heterocycles. The van der Waals surface area contributed by atoms with Gasteiger partial charge in [-0.25, -0.2) is 0 Å². The minimum absolute atomic E-state index is 0.194. The Bertz CT molecular complexity index is 399. The lowest BCUT2D eigenvalue weighted by Crippen LogP contribution is -2.20. The Morgan fingerprint density at radius 2 is 1.44 bits per heavy atom. The Labute approximate surface area is 112 Å². The summed E-state index contributed by atoms with van der Waals surface area (Å²) in [4.78, 5) is 11.9. The minimum Gasteiger partial charge on any atom is -0.299 e. The van der Waals surface area contributed by atoms with E-state index in [9.17, 15) is 4.79 Å². The summed E-state index contributed by atoms with van der Waals surface area (Å²) in [5.74, 6) is 0.336. The van der Waals surface area contributed by atoms with Crippen molar-refractivity contribution in [3.8, 4) is 0 Å². The molecule has 0 spiro atoms. The van der Waals surface area contributed by atoms with Crippen LogP contribution in [0.15, 0.2) is 24.3 Å². The van der Waals surface area contributed by atoms with Crippen LogP contribution in [0.1, 0.15) is 59.1 Å². The number of benzene rings is 1. The molecule has 1 aromatic rings. The maximum atomic E-state index is 11.9. The number of carbonyl (C=O) groups is 1. The molecule has 0 saturated heterocycles. The van der Waals surface area contributed by atoms with Gasteiger partial charge in [0.15, 0.2) is 0 Å². The topological polar surface area (TPSA) is 17.1 Å². The van der Waals surface area contributed by atoms with Gasteiger partial charge in [0.2, 0.25) is 0 Å². The van der Waals surface area contributed by atoms with E-state index in [4.69, 9.17) is 0 Å². The van der Waals surface area contributed by atoms with Gasteiger partial charge in [0.05, 0.1) is 0 Å². The number of hydrogen-bond donors (Lipinski definition) is 0. The fourth-order valence-corrected chi connectivity index (χ4v) is 1.80. The Hall–Kier alpha value is -1.11. The fraction of sp³-hybridized carbons (Fsp3) is 0.588. The Balaban J connectivity index is 2.63. The highest BCUT2D eigenvalue weighted by Gasteiger charge is 2.20. The van der Waals surface area contributed by atoms with Crippen LogP contribution < -0.4 is 0 Å². The molecular weight excluding hydrogens is 220 g/mol. The first kappa shape index (κ1) is 14.9. The lowest BCUT2D eigenvalue weighted by molar-refractivity contribution is -0.126. The van der Waals surface area contributed by atoms with Crippen LogP contribution in [0.2, 0.25) is 0 Å². The lowest BCUT2D eigenvalue weighted by Gasteiger charge is -2.19. The van der Waals surface area contributed by atoms with E-state index >= 15 is 0 Å². The summed E-state index contributed by atoms with van der Waals surface area (Å²) in [5, 5.41) is 0.